The van der Waals surface area contributed by atoms with Crippen LogP contribution in [0.5, 0.6) is 0 Å². The van der Waals surface area contributed by atoms with Crippen LogP contribution >= 0.6 is 24.2 Å². The number of piperidine rings is 1. The summed E-state index contributed by atoms with van der Waals surface area (Å²) in [5, 5.41) is 3.23. The van der Waals surface area contributed by atoms with Crippen molar-refractivity contribution >= 4 is 30.1 Å². The molecule has 0 saturated carbocycles. The van der Waals surface area contributed by atoms with Crippen LogP contribution in [0.1, 0.15) is 24.0 Å². The number of nitrogens with zero attached hydrogens (tertiary/aromatic N) is 1. The average molecular weight is 343 g/mol. The summed E-state index contributed by atoms with van der Waals surface area (Å²) in [6, 6.07) is 8.52. The number of benzene rings is 1. The van der Waals surface area contributed by atoms with Crippen molar-refractivity contribution in [3.8, 4) is 0 Å². The predicted molar refractivity (Wildman–Crippen MR) is 97.8 cm³/mol. The maximum absolute atomic E-state index is 12.2. The zero-order valence-electron chi connectivity index (χ0n) is 13.5. The number of rotatable bonds is 6. The highest BCUT2D eigenvalue weighted by Gasteiger charge is 2.21. The molecule has 1 heterocycles. The Labute approximate surface area is 144 Å². The van der Waals surface area contributed by atoms with Gasteiger partial charge in [0.2, 0.25) is 5.91 Å². The molecule has 0 aliphatic carbocycles. The third-order valence-electron chi connectivity index (χ3n) is 4.04. The van der Waals surface area contributed by atoms with Crippen LogP contribution in [0.2, 0.25) is 0 Å². The van der Waals surface area contributed by atoms with Gasteiger partial charge >= 0.3 is 0 Å². The fourth-order valence-corrected chi connectivity index (χ4v) is 3.70. The molecule has 1 fully saturated rings. The number of thioether (sulfide) groups is 1. The quantitative estimate of drug-likeness (QED) is 0.862. The van der Waals surface area contributed by atoms with Crippen LogP contribution in [-0.2, 0) is 10.5 Å². The number of amides is 1. The summed E-state index contributed by atoms with van der Waals surface area (Å²) in [7, 11) is 2.00. The van der Waals surface area contributed by atoms with Gasteiger partial charge in [0, 0.05) is 18.8 Å². The molecule has 1 saturated heterocycles. The highest BCUT2D eigenvalue weighted by atomic mass is 35.5. The Kier molecular flexibility index (Phi) is 8.91. The molecule has 1 amide bonds. The van der Waals surface area contributed by atoms with Crippen LogP contribution < -0.4 is 5.32 Å². The highest BCUT2D eigenvalue weighted by molar-refractivity contribution is 7.99. The van der Waals surface area contributed by atoms with E-state index < -0.39 is 0 Å². The first-order valence-corrected chi connectivity index (χ1v) is 8.90. The summed E-state index contributed by atoms with van der Waals surface area (Å²) in [5.74, 6) is 2.56. The van der Waals surface area contributed by atoms with Crippen LogP contribution in [0.25, 0.3) is 0 Å². The largest absolute Gasteiger partial charge is 0.342 e. The molecule has 1 aliphatic heterocycles. The molecule has 1 N–H and O–H groups in total. The Morgan fingerprint density at radius 2 is 2.09 bits per heavy atom. The topological polar surface area (TPSA) is 32.3 Å². The Morgan fingerprint density at radius 3 is 2.73 bits per heavy atom. The Hall–Kier alpha value is -0.710. The van der Waals surface area contributed by atoms with E-state index in [9.17, 15) is 4.79 Å². The van der Waals surface area contributed by atoms with Crippen LogP contribution in [-0.4, -0.2) is 43.2 Å². The Bertz CT molecular complexity index is 462. The fourth-order valence-electron chi connectivity index (χ4n) is 2.82. The van der Waals surface area contributed by atoms with E-state index in [1.807, 2.05) is 11.9 Å². The molecule has 124 valence electrons. The van der Waals surface area contributed by atoms with Crippen molar-refractivity contribution in [1.82, 2.24) is 10.2 Å². The molecule has 22 heavy (non-hydrogen) atoms. The number of likely N-dealkylation sites (tertiary alicyclic amines) is 1. The standard InChI is InChI=1S/C17H26N2OS.ClH/c1-14-4-3-5-16(10-14)12-21-13-17(20)19-8-6-15(7-9-19)11-18-2;/h3-5,10,15,18H,6-9,11-13H2,1-2H3;1H. The SMILES string of the molecule is CNCC1CCN(C(=O)CSCc2cccc(C)c2)CC1.Cl. The minimum atomic E-state index is 0. The van der Waals surface area contributed by atoms with Gasteiger partial charge in [-0.05, 0) is 44.8 Å². The summed E-state index contributed by atoms with van der Waals surface area (Å²) in [4.78, 5) is 14.2. The molecule has 0 unspecified atom stereocenters. The molecule has 1 aromatic rings. The maximum Gasteiger partial charge on any atom is 0.232 e. The van der Waals surface area contributed by atoms with Crippen molar-refractivity contribution in [2.75, 3.05) is 32.4 Å². The minimum Gasteiger partial charge on any atom is -0.342 e. The molecule has 3 nitrogen and oxygen atoms in total. The first-order chi connectivity index (χ1) is 10.2. The molecule has 0 radical (unpaired) electrons. The normalized spacial score (nSPS) is 15.5. The molecule has 0 spiro atoms. The minimum absolute atomic E-state index is 0. The first-order valence-electron chi connectivity index (χ1n) is 7.74. The average Bonchev–Trinajstić information content (AvgIpc) is 2.48. The van der Waals surface area contributed by atoms with Crippen molar-refractivity contribution in [1.29, 1.82) is 0 Å². The molecule has 0 bridgehead atoms. The zero-order valence-corrected chi connectivity index (χ0v) is 15.1. The summed E-state index contributed by atoms with van der Waals surface area (Å²) in [5.41, 5.74) is 2.59. The summed E-state index contributed by atoms with van der Waals surface area (Å²) in [6.07, 6.45) is 2.27. The molecule has 1 aliphatic rings. The lowest BCUT2D eigenvalue weighted by Crippen LogP contribution is -2.41. The van der Waals surface area contributed by atoms with Gasteiger partial charge in [-0.3, -0.25) is 4.79 Å². The summed E-state index contributed by atoms with van der Waals surface area (Å²) >= 11 is 1.72. The van der Waals surface area contributed by atoms with Crippen molar-refractivity contribution in [3.63, 3.8) is 0 Å². The van der Waals surface area contributed by atoms with Crippen molar-refractivity contribution in [2.24, 2.45) is 5.92 Å². The lowest BCUT2D eigenvalue weighted by Gasteiger charge is -2.32. The van der Waals surface area contributed by atoms with E-state index in [1.54, 1.807) is 11.8 Å². The van der Waals surface area contributed by atoms with Gasteiger partial charge in [-0.2, -0.15) is 0 Å². The monoisotopic (exact) mass is 342 g/mol. The predicted octanol–water partition coefficient (Wildman–Crippen LogP) is 3.11. The number of hydrogen-bond acceptors (Lipinski definition) is 3. The van der Waals surface area contributed by atoms with Crippen LogP contribution in [0, 0.1) is 12.8 Å². The van der Waals surface area contributed by atoms with E-state index in [0.717, 1.165) is 44.1 Å². The Balaban J connectivity index is 0.00000242. The molecular formula is C17H27ClN2OS. The van der Waals surface area contributed by atoms with E-state index >= 15 is 0 Å². The number of halogens is 1. The molecule has 0 atom stereocenters. The smallest absolute Gasteiger partial charge is 0.232 e. The van der Waals surface area contributed by atoms with Gasteiger partial charge in [-0.15, -0.1) is 24.2 Å². The van der Waals surface area contributed by atoms with E-state index in [1.165, 1.54) is 11.1 Å². The van der Waals surface area contributed by atoms with E-state index in [-0.39, 0.29) is 12.4 Å². The lowest BCUT2D eigenvalue weighted by atomic mass is 9.97. The van der Waals surface area contributed by atoms with Crippen molar-refractivity contribution in [3.05, 3.63) is 35.4 Å². The highest BCUT2D eigenvalue weighted by Crippen LogP contribution is 2.19. The number of hydrogen-bond donors (Lipinski definition) is 1. The molecule has 2 rings (SSSR count). The van der Waals surface area contributed by atoms with Gasteiger partial charge in [0.05, 0.1) is 5.75 Å². The van der Waals surface area contributed by atoms with E-state index in [0.29, 0.717) is 11.7 Å². The van der Waals surface area contributed by atoms with Crippen LogP contribution in [0.15, 0.2) is 24.3 Å². The number of aryl methyl sites for hydroxylation is 1. The summed E-state index contributed by atoms with van der Waals surface area (Å²) < 4.78 is 0. The van der Waals surface area contributed by atoms with Gasteiger partial charge in [-0.25, -0.2) is 0 Å². The molecule has 0 aromatic heterocycles. The molecular weight excluding hydrogens is 316 g/mol. The van der Waals surface area contributed by atoms with Gasteiger partial charge in [0.15, 0.2) is 0 Å². The number of nitrogens with one attached hydrogen (secondary N) is 1. The van der Waals surface area contributed by atoms with Gasteiger partial charge in [0.1, 0.15) is 0 Å². The van der Waals surface area contributed by atoms with Gasteiger partial charge in [0.25, 0.3) is 0 Å². The van der Waals surface area contributed by atoms with Crippen molar-refractivity contribution in [2.45, 2.75) is 25.5 Å². The van der Waals surface area contributed by atoms with Gasteiger partial charge in [-0.1, -0.05) is 29.8 Å². The summed E-state index contributed by atoms with van der Waals surface area (Å²) in [6.45, 7) is 5.03. The molecule has 1 aromatic carbocycles. The Morgan fingerprint density at radius 1 is 1.36 bits per heavy atom. The number of carbonyl (C=O) groups excluding carboxylic acids is 1. The second-order valence-corrected chi connectivity index (χ2v) is 6.85. The molecule has 5 heteroatoms. The van der Waals surface area contributed by atoms with Crippen molar-refractivity contribution < 1.29 is 4.79 Å². The van der Waals surface area contributed by atoms with Crippen LogP contribution in [0.3, 0.4) is 0 Å². The second kappa shape index (κ2) is 10.1. The third kappa shape index (κ3) is 6.19. The lowest BCUT2D eigenvalue weighted by molar-refractivity contribution is -0.129. The first kappa shape index (κ1) is 19.3. The maximum atomic E-state index is 12.2. The second-order valence-electron chi connectivity index (χ2n) is 5.86. The zero-order chi connectivity index (χ0) is 15.1. The fraction of sp³-hybridized carbons (Fsp3) is 0.588. The van der Waals surface area contributed by atoms with E-state index in [2.05, 4.69) is 36.5 Å². The van der Waals surface area contributed by atoms with E-state index in [4.69, 9.17) is 0 Å². The van der Waals surface area contributed by atoms with Gasteiger partial charge < -0.3 is 10.2 Å². The third-order valence-corrected chi connectivity index (χ3v) is 5.03. The number of carbonyl (C=O) groups is 1. The van der Waals surface area contributed by atoms with Crippen LogP contribution in [0.4, 0.5) is 0 Å².